The summed E-state index contributed by atoms with van der Waals surface area (Å²) in [6, 6.07) is 4.05. The summed E-state index contributed by atoms with van der Waals surface area (Å²) in [7, 11) is -0.887. The summed E-state index contributed by atoms with van der Waals surface area (Å²) in [5.74, 6) is -3.14. The molecule has 0 unspecified atom stereocenters. The number of rotatable bonds is 23. The van der Waals surface area contributed by atoms with Gasteiger partial charge in [-0.2, -0.15) is 8.42 Å². The Kier molecular flexibility index (Phi) is 17.4. The minimum Gasteiger partial charge on any atom is -0.493 e. The molecule has 0 radical (unpaired) electrons. The first-order valence-corrected chi connectivity index (χ1v) is 26.1. The molecule has 1 aromatic rings. The van der Waals surface area contributed by atoms with Crippen molar-refractivity contribution >= 4 is 51.5 Å². The van der Waals surface area contributed by atoms with Crippen LogP contribution < -0.4 is 19.3 Å². The molecular formula is C48H75N5O12S2. The maximum absolute atomic E-state index is 14.2. The highest BCUT2D eigenvalue weighted by Crippen LogP contribution is 2.53. The molecule has 0 spiro atoms. The first kappa shape index (κ1) is 54.2. The number of hydrogen-bond acceptors (Lipinski definition) is 13. The number of aliphatic hydroxyl groups excluding tert-OH is 1. The van der Waals surface area contributed by atoms with Gasteiger partial charge in [-0.25, -0.2) is 19.5 Å². The van der Waals surface area contributed by atoms with Crippen molar-refractivity contribution in [1.82, 2.24) is 19.4 Å². The van der Waals surface area contributed by atoms with E-state index in [9.17, 15) is 42.6 Å². The molecular weight excluding hydrogens is 903 g/mol. The molecule has 19 heteroatoms. The van der Waals surface area contributed by atoms with Crippen LogP contribution >= 0.6 is 11.8 Å². The highest BCUT2D eigenvalue weighted by atomic mass is 32.2. The highest BCUT2D eigenvalue weighted by Gasteiger charge is 2.60. The van der Waals surface area contributed by atoms with Crippen molar-refractivity contribution in [2.75, 3.05) is 33.9 Å². The first-order valence-electron chi connectivity index (χ1n) is 23.6. The first-order chi connectivity index (χ1) is 31.2. The van der Waals surface area contributed by atoms with Crippen LogP contribution in [0, 0.1) is 22.7 Å². The topological polar surface area (TPSA) is 235 Å². The van der Waals surface area contributed by atoms with E-state index in [2.05, 4.69) is 37.3 Å². The summed E-state index contributed by atoms with van der Waals surface area (Å²) in [5.41, 5.74) is -0.868. The van der Waals surface area contributed by atoms with Gasteiger partial charge in [0.2, 0.25) is 11.7 Å². The number of esters is 1. The molecule has 376 valence electrons. The van der Waals surface area contributed by atoms with Gasteiger partial charge in [0.25, 0.3) is 16.1 Å². The number of thioether (sulfide) groups is 1. The van der Waals surface area contributed by atoms with Gasteiger partial charge in [0.05, 0.1) is 32.3 Å². The Bertz CT molecular complexity index is 2160. The second-order valence-corrected chi connectivity index (χ2v) is 23.7. The van der Waals surface area contributed by atoms with Gasteiger partial charge in [-0.1, -0.05) is 47.6 Å². The molecule has 2 amide bonds. The molecule has 5 N–H and O–H groups in total. The number of aliphatic hydroxyl groups is 1. The van der Waals surface area contributed by atoms with E-state index in [1.807, 2.05) is 32.0 Å². The van der Waals surface area contributed by atoms with E-state index in [1.165, 1.54) is 21.6 Å². The number of nitrogens with two attached hydrogens (primary N) is 1. The quantitative estimate of drug-likeness (QED) is 0.0640. The van der Waals surface area contributed by atoms with Crippen molar-refractivity contribution in [3.05, 3.63) is 34.4 Å². The predicted molar refractivity (Wildman–Crippen MR) is 255 cm³/mol. The van der Waals surface area contributed by atoms with Gasteiger partial charge in [-0.05, 0) is 108 Å². The standard InChI is InChI=1S/C48H75N5O12S2/c1-12-47(6,7)41(55)43(57)51-22-14-13-15-34(51)45(60)65-32(18-16-30-17-19-35(63-10)36(23-30)64-11)25-46(4,5)20-21-48(8,9)52-27-33(24-31(52)26-50-67(49,61)62)66-40-28(2)38-37(29(3)54)42(56)53(38)39(40)44(58)59/h17,19,23,28-29,31-34,37-38,50,54H,12-16,18,20-22,24-27H2,1-11H3,(H,58,59)(H2,49,61,62)/t28-,29-,31+,32-,33+,34+,37-,38-/m1/s1. The zero-order valence-electron chi connectivity index (χ0n) is 41.3. The zero-order chi connectivity index (χ0) is 50.0. The van der Waals surface area contributed by atoms with E-state index < -0.39 is 86.3 Å². The summed E-state index contributed by atoms with van der Waals surface area (Å²) >= 11 is 1.41. The molecule has 4 heterocycles. The number of ketones is 1. The number of benzene rings is 1. The van der Waals surface area contributed by atoms with Gasteiger partial charge in [-0.3, -0.25) is 19.3 Å². The molecule has 8 atom stereocenters. The summed E-state index contributed by atoms with van der Waals surface area (Å²) in [4.78, 5) is 72.4. The Morgan fingerprint density at radius 3 is 2.30 bits per heavy atom. The molecule has 17 nitrogen and oxygen atoms in total. The second kappa shape index (κ2) is 21.5. The highest BCUT2D eigenvalue weighted by molar-refractivity contribution is 8.03. The smallest absolute Gasteiger partial charge is 0.353 e. The van der Waals surface area contributed by atoms with Crippen molar-refractivity contribution in [2.45, 2.75) is 168 Å². The number of carbonyl (C=O) groups is 5. The number of Topliss-reactive ketones (excluding diaryl/α,β-unsaturated/α-hetero) is 1. The molecule has 0 bridgehead atoms. The number of hydrogen-bond donors (Lipinski definition) is 4. The lowest BCUT2D eigenvalue weighted by atomic mass is 9.77. The lowest BCUT2D eigenvalue weighted by molar-refractivity contribution is -0.165. The average molecular weight is 978 g/mol. The average Bonchev–Trinajstić information content (AvgIpc) is 3.79. The van der Waals surface area contributed by atoms with Crippen LogP contribution in [0.2, 0.25) is 0 Å². The lowest BCUT2D eigenvalue weighted by Gasteiger charge is -2.46. The van der Waals surface area contributed by atoms with Crippen LogP contribution in [0.25, 0.3) is 0 Å². The van der Waals surface area contributed by atoms with E-state index in [0.717, 1.165) is 12.0 Å². The van der Waals surface area contributed by atoms with Crippen molar-refractivity contribution in [3.8, 4) is 11.5 Å². The molecule has 0 saturated carbocycles. The van der Waals surface area contributed by atoms with E-state index in [4.69, 9.17) is 19.3 Å². The number of carbonyl (C=O) groups excluding carboxylic acids is 4. The van der Waals surface area contributed by atoms with E-state index in [1.54, 1.807) is 35.0 Å². The number of aryl methyl sites for hydroxylation is 1. The van der Waals surface area contributed by atoms with E-state index in [0.29, 0.717) is 87.3 Å². The number of β-lactam (4-membered cyclic amide) rings is 1. The molecule has 1 aromatic carbocycles. The fourth-order valence-electron chi connectivity index (χ4n) is 10.3. The van der Waals surface area contributed by atoms with Crippen LogP contribution in [0.15, 0.2) is 28.8 Å². The number of likely N-dealkylation sites (tertiary alicyclic amines) is 2. The monoisotopic (exact) mass is 977 g/mol. The van der Waals surface area contributed by atoms with Crippen molar-refractivity contribution in [2.24, 2.45) is 27.8 Å². The third-order valence-corrected chi connectivity index (χ3v) is 16.7. The fraction of sp³-hybridized carbons (Fsp3) is 0.729. The minimum absolute atomic E-state index is 0.0385. The van der Waals surface area contributed by atoms with Crippen molar-refractivity contribution in [1.29, 1.82) is 0 Å². The third kappa shape index (κ3) is 12.5. The fourth-order valence-corrected chi connectivity index (χ4v) is 12.3. The summed E-state index contributed by atoms with van der Waals surface area (Å²) in [6.07, 6.45) is 4.13. The molecule has 3 fully saturated rings. The Morgan fingerprint density at radius 1 is 1.03 bits per heavy atom. The van der Waals surface area contributed by atoms with Gasteiger partial charge in [0.15, 0.2) is 11.5 Å². The summed E-state index contributed by atoms with van der Waals surface area (Å²) < 4.78 is 44.2. The number of nitrogens with one attached hydrogen (secondary N) is 1. The third-order valence-electron chi connectivity index (χ3n) is 14.7. The largest absolute Gasteiger partial charge is 0.493 e. The van der Waals surface area contributed by atoms with E-state index in [-0.39, 0.29) is 29.5 Å². The molecule has 4 aliphatic heterocycles. The number of ether oxygens (including phenoxy) is 3. The maximum Gasteiger partial charge on any atom is 0.353 e. The minimum atomic E-state index is -4.03. The van der Waals surface area contributed by atoms with Crippen molar-refractivity contribution < 1.29 is 56.8 Å². The number of piperidine rings is 1. The molecule has 3 saturated heterocycles. The predicted octanol–water partition coefficient (Wildman–Crippen LogP) is 5.03. The van der Waals surface area contributed by atoms with Crippen LogP contribution in [0.3, 0.4) is 0 Å². The Balaban J connectivity index is 1.35. The Hall–Kier alpha value is -3.75. The van der Waals surface area contributed by atoms with Crippen LogP contribution in [-0.2, 0) is 45.3 Å². The summed E-state index contributed by atoms with van der Waals surface area (Å²) in [6.45, 7) is 18.0. The van der Waals surface area contributed by atoms with Crippen LogP contribution in [0.4, 0.5) is 0 Å². The zero-order valence-corrected chi connectivity index (χ0v) is 42.9. The normalized spacial score (nSPS) is 24.8. The molecule has 4 aliphatic rings. The second-order valence-electron chi connectivity index (χ2n) is 21.0. The number of carboxylic acid groups (broad SMARTS) is 1. The number of fused-ring (bicyclic) bond motifs is 1. The number of nitrogens with zero attached hydrogens (tertiary/aromatic N) is 3. The van der Waals surface area contributed by atoms with E-state index >= 15 is 0 Å². The van der Waals surface area contributed by atoms with Gasteiger partial charge >= 0.3 is 11.9 Å². The number of carboxylic acids is 1. The van der Waals surface area contributed by atoms with Crippen LogP contribution in [0.1, 0.15) is 126 Å². The molecule has 67 heavy (non-hydrogen) atoms. The van der Waals surface area contributed by atoms with Gasteiger partial charge in [-0.15, -0.1) is 11.8 Å². The number of aliphatic carboxylic acids is 1. The Morgan fingerprint density at radius 2 is 1.70 bits per heavy atom. The van der Waals surface area contributed by atoms with Gasteiger partial charge in [0.1, 0.15) is 17.8 Å². The summed E-state index contributed by atoms with van der Waals surface area (Å²) in [5, 5.41) is 25.9. The number of amides is 2. The molecule has 5 rings (SSSR count). The van der Waals surface area contributed by atoms with Gasteiger partial charge in [0, 0.05) is 52.7 Å². The molecule has 0 aliphatic carbocycles. The van der Waals surface area contributed by atoms with Crippen LogP contribution in [-0.4, -0.2) is 138 Å². The van der Waals surface area contributed by atoms with Gasteiger partial charge < -0.3 is 34.2 Å². The van der Waals surface area contributed by atoms with Crippen molar-refractivity contribution in [3.63, 3.8) is 0 Å². The number of methoxy groups -OCH3 is 2. The molecule has 0 aromatic heterocycles. The lowest BCUT2D eigenvalue weighted by Crippen LogP contribution is -2.63. The van der Waals surface area contributed by atoms with Crippen LogP contribution in [0.5, 0.6) is 11.5 Å². The Labute approximate surface area is 401 Å². The SMILES string of the molecule is CCC(C)(C)C(=O)C(=O)N1CCCC[C@H]1C(=O)O[C@H](CCc1ccc(OC)c(OC)c1)CC(C)(C)CCC(C)(C)N1C[C@@H](SC2=C(C(=O)O)N3C(=O)[C@H]([C@@H](C)O)[C@H]3[C@H]2C)C[C@H]1CNS(N)(=O)=O. The maximum atomic E-state index is 14.2.